The Morgan fingerprint density at radius 3 is 3.00 bits per heavy atom. The largest absolute Gasteiger partial charge is 0.345 e. The maximum absolute atomic E-state index is 4.38. The SMILES string of the molecule is CCCc1cnc(CNC2CCCC2)[nH]1. The molecule has 0 aromatic carbocycles. The smallest absolute Gasteiger partial charge is 0.120 e. The number of aromatic amines is 1. The average Bonchev–Trinajstić information content (AvgIpc) is 2.85. The van der Waals surface area contributed by atoms with E-state index in [2.05, 4.69) is 22.2 Å². The van der Waals surface area contributed by atoms with Gasteiger partial charge in [0, 0.05) is 17.9 Å². The van der Waals surface area contributed by atoms with E-state index in [1.807, 2.05) is 6.20 Å². The molecule has 2 N–H and O–H groups in total. The molecule has 0 radical (unpaired) electrons. The summed E-state index contributed by atoms with van der Waals surface area (Å²) in [6.07, 6.45) is 9.70. The van der Waals surface area contributed by atoms with Crippen molar-refractivity contribution < 1.29 is 0 Å². The van der Waals surface area contributed by atoms with Crippen LogP contribution in [0.25, 0.3) is 0 Å². The summed E-state index contributed by atoms with van der Waals surface area (Å²) in [4.78, 5) is 7.74. The minimum Gasteiger partial charge on any atom is -0.345 e. The molecule has 1 aliphatic carbocycles. The van der Waals surface area contributed by atoms with Crippen LogP contribution < -0.4 is 5.32 Å². The lowest BCUT2D eigenvalue weighted by atomic mass is 10.2. The van der Waals surface area contributed by atoms with Crippen LogP contribution in [0.15, 0.2) is 6.20 Å². The topological polar surface area (TPSA) is 40.7 Å². The molecule has 15 heavy (non-hydrogen) atoms. The van der Waals surface area contributed by atoms with E-state index in [9.17, 15) is 0 Å². The zero-order valence-corrected chi connectivity index (χ0v) is 9.55. The summed E-state index contributed by atoms with van der Waals surface area (Å²) >= 11 is 0. The summed E-state index contributed by atoms with van der Waals surface area (Å²) in [5.41, 5.74) is 1.26. The lowest BCUT2D eigenvalue weighted by Crippen LogP contribution is -2.25. The first-order valence-corrected chi connectivity index (χ1v) is 6.14. The van der Waals surface area contributed by atoms with Crippen LogP contribution in [-0.4, -0.2) is 16.0 Å². The van der Waals surface area contributed by atoms with Gasteiger partial charge >= 0.3 is 0 Å². The van der Waals surface area contributed by atoms with Crippen molar-refractivity contribution in [1.29, 1.82) is 0 Å². The Balaban J connectivity index is 1.77. The van der Waals surface area contributed by atoms with Crippen molar-refractivity contribution in [3.8, 4) is 0 Å². The second-order valence-electron chi connectivity index (χ2n) is 4.47. The molecule has 2 rings (SSSR count). The molecule has 1 fully saturated rings. The van der Waals surface area contributed by atoms with E-state index in [0.29, 0.717) is 0 Å². The third-order valence-corrected chi connectivity index (χ3v) is 3.11. The van der Waals surface area contributed by atoms with Gasteiger partial charge in [0.2, 0.25) is 0 Å². The highest BCUT2D eigenvalue weighted by atomic mass is 15.0. The summed E-state index contributed by atoms with van der Waals surface area (Å²) in [5.74, 6) is 1.09. The van der Waals surface area contributed by atoms with Crippen molar-refractivity contribution >= 4 is 0 Å². The Hall–Kier alpha value is -0.830. The van der Waals surface area contributed by atoms with Gasteiger partial charge in [0.25, 0.3) is 0 Å². The first-order chi connectivity index (χ1) is 7.38. The van der Waals surface area contributed by atoms with Crippen LogP contribution in [-0.2, 0) is 13.0 Å². The Labute approximate surface area is 91.7 Å². The molecule has 0 unspecified atom stereocenters. The van der Waals surface area contributed by atoms with Gasteiger partial charge in [0.1, 0.15) is 5.82 Å². The van der Waals surface area contributed by atoms with Crippen molar-refractivity contribution in [1.82, 2.24) is 15.3 Å². The molecular weight excluding hydrogens is 186 g/mol. The standard InChI is InChI=1S/C12H21N3/c1-2-5-11-8-14-12(15-11)9-13-10-6-3-4-7-10/h8,10,13H,2-7,9H2,1H3,(H,14,15). The molecule has 0 atom stereocenters. The highest BCUT2D eigenvalue weighted by Gasteiger charge is 2.14. The third-order valence-electron chi connectivity index (χ3n) is 3.11. The molecule has 1 aromatic heterocycles. The van der Waals surface area contributed by atoms with Crippen molar-refractivity contribution in [2.45, 2.75) is 58.0 Å². The maximum atomic E-state index is 4.38. The zero-order chi connectivity index (χ0) is 10.5. The Bertz CT molecular complexity index is 287. The number of nitrogens with zero attached hydrogens (tertiary/aromatic N) is 1. The number of hydrogen-bond donors (Lipinski definition) is 2. The van der Waals surface area contributed by atoms with Gasteiger partial charge in [-0.25, -0.2) is 4.98 Å². The van der Waals surface area contributed by atoms with E-state index in [1.165, 1.54) is 37.8 Å². The lowest BCUT2D eigenvalue weighted by Gasteiger charge is -2.09. The van der Waals surface area contributed by atoms with Gasteiger partial charge in [-0.1, -0.05) is 26.2 Å². The summed E-state index contributed by atoms with van der Waals surface area (Å²) in [6, 6.07) is 0.727. The minimum atomic E-state index is 0.727. The van der Waals surface area contributed by atoms with Crippen LogP contribution in [0.1, 0.15) is 50.5 Å². The van der Waals surface area contributed by atoms with E-state index < -0.39 is 0 Å². The number of nitrogens with one attached hydrogen (secondary N) is 2. The normalized spacial score (nSPS) is 17.4. The van der Waals surface area contributed by atoms with Gasteiger partial charge < -0.3 is 10.3 Å². The molecule has 0 aliphatic heterocycles. The number of aryl methyl sites for hydroxylation is 1. The number of H-pyrrole nitrogens is 1. The molecule has 1 heterocycles. The first kappa shape index (κ1) is 10.7. The predicted molar refractivity (Wildman–Crippen MR) is 61.7 cm³/mol. The van der Waals surface area contributed by atoms with Crippen LogP contribution in [0.4, 0.5) is 0 Å². The van der Waals surface area contributed by atoms with Crippen molar-refractivity contribution in [3.63, 3.8) is 0 Å². The van der Waals surface area contributed by atoms with Crippen molar-refractivity contribution in [2.75, 3.05) is 0 Å². The molecule has 1 aromatic rings. The summed E-state index contributed by atoms with van der Waals surface area (Å²) in [5, 5.41) is 3.56. The fraction of sp³-hybridized carbons (Fsp3) is 0.750. The van der Waals surface area contributed by atoms with E-state index in [1.54, 1.807) is 0 Å². The molecule has 84 valence electrons. The van der Waals surface area contributed by atoms with E-state index in [4.69, 9.17) is 0 Å². The maximum Gasteiger partial charge on any atom is 0.120 e. The minimum absolute atomic E-state index is 0.727. The Morgan fingerprint density at radius 1 is 1.47 bits per heavy atom. The van der Waals surface area contributed by atoms with E-state index in [0.717, 1.165) is 24.8 Å². The van der Waals surface area contributed by atoms with Crippen molar-refractivity contribution in [3.05, 3.63) is 17.7 Å². The van der Waals surface area contributed by atoms with Gasteiger partial charge in [-0.2, -0.15) is 0 Å². The summed E-state index contributed by atoms with van der Waals surface area (Å²) in [7, 11) is 0. The van der Waals surface area contributed by atoms with E-state index in [-0.39, 0.29) is 0 Å². The number of rotatable bonds is 5. The van der Waals surface area contributed by atoms with E-state index >= 15 is 0 Å². The second kappa shape index (κ2) is 5.31. The molecule has 3 nitrogen and oxygen atoms in total. The molecule has 3 heteroatoms. The van der Waals surface area contributed by atoms with Crippen molar-refractivity contribution in [2.24, 2.45) is 0 Å². The van der Waals surface area contributed by atoms with Gasteiger partial charge in [-0.3, -0.25) is 0 Å². The van der Waals surface area contributed by atoms with Crippen LogP contribution in [0, 0.1) is 0 Å². The zero-order valence-electron chi connectivity index (χ0n) is 9.55. The lowest BCUT2D eigenvalue weighted by molar-refractivity contribution is 0.515. The number of hydrogen-bond acceptors (Lipinski definition) is 2. The second-order valence-corrected chi connectivity index (χ2v) is 4.47. The molecule has 0 bridgehead atoms. The van der Waals surface area contributed by atoms with Crippen LogP contribution in [0.5, 0.6) is 0 Å². The van der Waals surface area contributed by atoms with Crippen LogP contribution >= 0.6 is 0 Å². The Morgan fingerprint density at radius 2 is 2.27 bits per heavy atom. The first-order valence-electron chi connectivity index (χ1n) is 6.14. The monoisotopic (exact) mass is 207 g/mol. The highest BCUT2D eigenvalue weighted by molar-refractivity contribution is 5.01. The molecule has 1 saturated carbocycles. The fourth-order valence-electron chi connectivity index (χ4n) is 2.26. The predicted octanol–water partition coefficient (Wildman–Crippen LogP) is 2.39. The average molecular weight is 207 g/mol. The summed E-state index contributed by atoms with van der Waals surface area (Å²) < 4.78 is 0. The fourth-order valence-corrected chi connectivity index (χ4v) is 2.26. The van der Waals surface area contributed by atoms with Gasteiger partial charge in [0.05, 0.1) is 6.54 Å². The number of imidazole rings is 1. The molecule has 0 amide bonds. The molecule has 0 saturated heterocycles. The highest BCUT2D eigenvalue weighted by Crippen LogP contribution is 2.17. The molecule has 0 spiro atoms. The van der Waals surface area contributed by atoms with Gasteiger partial charge in [-0.05, 0) is 19.3 Å². The third kappa shape index (κ3) is 3.06. The quantitative estimate of drug-likeness (QED) is 0.778. The molecule has 1 aliphatic rings. The van der Waals surface area contributed by atoms with Gasteiger partial charge in [0.15, 0.2) is 0 Å². The van der Waals surface area contributed by atoms with Crippen LogP contribution in [0.3, 0.4) is 0 Å². The van der Waals surface area contributed by atoms with Crippen LogP contribution in [0.2, 0.25) is 0 Å². The molecular formula is C12H21N3. The van der Waals surface area contributed by atoms with Gasteiger partial charge in [-0.15, -0.1) is 0 Å². The number of aromatic nitrogens is 2. The summed E-state index contributed by atoms with van der Waals surface area (Å²) in [6.45, 7) is 3.09. The Kier molecular flexibility index (Phi) is 3.78.